The van der Waals surface area contributed by atoms with Gasteiger partial charge in [-0.15, -0.1) is 0 Å². The monoisotopic (exact) mass is 234 g/mol. The van der Waals surface area contributed by atoms with Crippen LogP contribution in [0.1, 0.15) is 13.8 Å². The fraction of sp³-hybridized carbons (Fsp3) is 0.769. The summed E-state index contributed by atoms with van der Waals surface area (Å²) in [5.74, 6) is 3.51. The van der Waals surface area contributed by atoms with Gasteiger partial charge >= 0.3 is 0 Å². The van der Waals surface area contributed by atoms with Gasteiger partial charge in [0.15, 0.2) is 0 Å². The van der Waals surface area contributed by atoms with E-state index in [0.29, 0.717) is 5.92 Å². The predicted octanol–water partition coefficient (Wildman–Crippen LogP) is 1.19. The molecule has 0 aromatic carbocycles. The predicted molar refractivity (Wildman–Crippen MR) is 69.1 cm³/mol. The van der Waals surface area contributed by atoms with Crippen LogP contribution in [0.3, 0.4) is 0 Å². The molecule has 2 atom stereocenters. The van der Waals surface area contributed by atoms with Crippen LogP contribution in [0.25, 0.3) is 0 Å². The first-order valence-electron chi connectivity index (χ1n) is 6.71. The van der Waals surface area contributed by atoms with Gasteiger partial charge < -0.3 is 14.8 Å². The van der Waals surface area contributed by atoms with Gasteiger partial charge in [-0.05, 0) is 17.8 Å². The highest BCUT2D eigenvalue weighted by Gasteiger charge is 2.37. The van der Waals surface area contributed by atoms with E-state index in [1.165, 1.54) is 32.1 Å². The van der Waals surface area contributed by atoms with E-state index in [2.05, 4.69) is 39.8 Å². The Morgan fingerprint density at radius 3 is 2.71 bits per heavy atom. The summed E-state index contributed by atoms with van der Waals surface area (Å²) < 4.78 is 2.30. The van der Waals surface area contributed by atoms with Crippen molar-refractivity contribution in [1.82, 2.24) is 14.9 Å². The van der Waals surface area contributed by atoms with Crippen molar-refractivity contribution in [1.29, 1.82) is 0 Å². The van der Waals surface area contributed by atoms with E-state index in [1.807, 2.05) is 6.20 Å². The Morgan fingerprint density at radius 2 is 2.06 bits per heavy atom. The maximum absolute atomic E-state index is 4.55. The first kappa shape index (κ1) is 11.1. The maximum Gasteiger partial charge on any atom is 0.205 e. The first-order chi connectivity index (χ1) is 8.24. The Labute approximate surface area is 103 Å². The zero-order valence-electron chi connectivity index (χ0n) is 10.8. The fourth-order valence-electron chi connectivity index (χ4n) is 3.14. The van der Waals surface area contributed by atoms with Crippen LogP contribution in [0.15, 0.2) is 12.4 Å². The highest BCUT2D eigenvalue weighted by Crippen LogP contribution is 2.29. The first-order valence-corrected chi connectivity index (χ1v) is 6.71. The number of nitrogens with one attached hydrogen (secondary N) is 1. The molecule has 1 N–H and O–H groups in total. The van der Waals surface area contributed by atoms with Crippen molar-refractivity contribution in [2.24, 2.45) is 17.8 Å². The van der Waals surface area contributed by atoms with Crippen molar-refractivity contribution < 1.29 is 0 Å². The standard InChI is InChI=1S/C13H22N4/c1-10(2)7-16-4-3-15-13(16)17-8-11-5-14-6-12(11)9-17/h3-4,10-12,14H,5-9H2,1-2H3/t11-,12+. The number of fused-ring (bicyclic) bond motifs is 1. The van der Waals surface area contributed by atoms with Crippen LogP contribution >= 0.6 is 0 Å². The Bertz CT molecular complexity index is 373. The van der Waals surface area contributed by atoms with Crippen LogP contribution in [0.5, 0.6) is 0 Å². The lowest BCUT2D eigenvalue weighted by Crippen LogP contribution is -2.28. The Balaban J connectivity index is 1.74. The molecule has 0 aliphatic carbocycles. The third-order valence-electron chi connectivity index (χ3n) is 3.93. The molecule has 17 heavy (non-hydrogen) atoms. The molecule has 2 aliphatic heterocycles. The smallest absolute Gasteiger partial charge is 0.205 e. The zero-order chi connectivity index (χ0) is 11.8. The third kappa shape index (κ3) is 2.06. The number of aromatic nitrogens is 2. The minimum Gasteiger partial charge on any atom is -0.342 e. The highest BCUT2D eigenvalue weighted by atomic mass is 15.3. The van der Waals surface area contributed by atoms with E-state index in [-0.39, 0.29) is 0 Å². The van der Waals surface area contributed by atoms with Gasteiger partial charge in [-0.25, -0.2) is 4.98 Å². The Kier molecular flexibility index (Phi) is 2.82. The highest BCUT2D eigenvalue weighted by molar-refractivity contribution is 5.34. The van der Waals surface area contributed by atoms with Gasteiger partial charge in [0, 0.05) is 45.1 Å². The Morgan fingerprint density at radius 1 is 1.35 bits per heavy atom. The number of hydrogen-bond donors (Lipinski definition) is 1. The second-order valence-electron chi connectivity index (χ2n) is 5.86. The quantitative estimate of drug-likeness (QED) is 0.853. The lowest BCUT2D eigenvalue weighted by Gasteiger charge is -2.21. The summed E-state index contributed by atoms with van der Waals surface area (Å²) >= 11 is 0. The topological polar surface area (TPSA) is 33.1 Å². The molecule has 94 valence electrons. The van der Waals surface area contributed by atoms with Gasteiger partial charge in [0.25, 0.3) is 0 Å². The van der Waals surface area contributed by atoms with Gasteiger partial charge in [0.1, 0.15) is 0 Å². The number of rotatable bonds is 3. The third-order valence-corrected chi connectivity index (χ3v) is 3.93. The van der Waals surface area contributed by atoms with Crippen LogP contribution in [0.2, 0.25) is 0 Å². The normalized spacial score (nSPS) is 28.1. The van der Waals surface area contributed by atoms with Crippen LogP contribution in [-0.4, -0.2) is 35.7 Å². The Hall–Kier alpha value is -1.03. The second kappa shape index (κ2) is 4.33. The fourth-order valence-corrected chi connectivity index (χ4v) is 3.14. The average molecular weight is 234 g/mol. The molecule has 1 aromatic heterocycles. The largest absolute Gasteiger partial charge is 0.342 e. The lowest BCUT2D eigenvalue weighted by molar-refractivity contribution is 0.519. The molecule has 2 fully saturated rings. The van der Waals surface area contributed by atoms with E-state index in [1.54, 1.807) is 0 Å². The number of imidazole rings is 1. The van der Waals surface area contributed by atoms with Gasteiger partial charge in [0.2, 0.25) is 5.95 Å². The molecule has 0 bridgehead atoms. The van der Waals surface area contributed by atoms with Crippen molar-refractivity contribution in [3.05, 3.63) is 12.4 Å². The molecule has 0 amide bonds. The summed E-state index contributed by atoms with van der Waals surface area (Å²) in [5, 5.41) is 3.48. The molecule has 0 radical (unpaired) electrons. The second-order valence-corrected chi connectivity index (χ2v) is 5.86. The average Bonchev–Trinajstić information content (AvgIpc) is 2.87. The van der Waals surface area contributed by atoms with E-state index in [4.69, 9.17) is 0 Å². The summed E-state index contributed by atoms with van der Waals surface area (Å²) in [7, 11) is 0. The molecule has 4 nitrogen and oxygen atoms in total. The lowest BCUT2D eigenvalue weighted by atomic mass is 10.0. The number of anilines is 1. The summed E-state index contributed by atoms with van der Waals surface area (Å²) in [6, 6.07) is 0. The van der Waals surface area contributed by atoms with Crippen molar-refractivity contribution in [2.75, 3.05) is 31.1 Å². The minimum absolute atomic E-state index is 0.673. The SMILES string of the molecule is CC(C)Cn1ccnc1N1C[C@H]2CNC[C@H]2C1. The molecule has 2 saturated heterocycles. The molecule has 2 aliphatic rings. The van der Waals surface area contributed by atoms with E-state index < -0.39 is 0 Å². The summed E-state index contributed by atoms with van der Waals surface area (Å²) in [6.45, 7) is 10.3. The van der Waals surface area contributed by atoms with Crippen LogP contribution in [0, 0.1) is 17.8 Å². The van der Waals surface area contributed by atoms with Crippen LogP contribution in [-0.2, 0) is 6.54 Å². The van der Waals surface area contributed by atoms with Gasteiger partial charge in [-0.3, -0.25) is 0 Å². The summed E-state index contributed by atoms with van der Waals surface area (Å²) in [4.78, 5) is 7.02. The van der Waals surface area contributed by atoms with E-state index in [0.717, 1.165) is 18.4 Å². The molecule has 0 spiro atoms. The molecule has 1 aromatic rings. The summed E-state index contributed by atoms with van der Waals surface area (Å²) in [6.07, 6.45) is 4.05. The molecule has 3 rings (SSSR count). The van der Waals surface area contributed by atoms with Gasteiger partial charge in [-0.1, -0.05) is 13.8 Å². The van der Waals surface area contributed by atoms with Crippen molar-refractivity contribution in [3.8, 4) is 0 Å². The minimum atomic E-state index is 0.673. The summed E-state index contributed by atoms with van der Waals surface area (Å²) in [5.41, 5.74) is 0. The van der Waals surface area contributed by atoms with Crippen molar-refractivity contribution >= 4 is 5.95 Å². The number of nitrogens with zero attached hydrogens (tertiary/aromatic N) is 3. The van der Waals surface area contributed by atoms with E-state index in [9.17, 15) is 0 Å². The van der Waals surface area contributed by atoms with Crippen LogP contribution in [0.4, 0.5) is 5.95 Å². The molecular weight excluding hydrogens is 212 g/mol. The maximum atomic E-state index is 4.55. The number of hydrogen-bond acceptors (Lipinski definition) is 3. The van der Waals surface area contributed by atoms with Gasteiger partial charge in [0.05, 0.1) is 0 Å². The zero-order valence-corrected chi connectivity index (χ0v) is 10.8. The molecule has 4 heteroatoms. The molecular formula is C13H22N4. The van der Waals surface area contributed by atoms with Crippen molar-refractivity contribution in [3.63, 3.8) is 0 Å². The molecule has 3 heterocycles. The van der Waals surface area contributed by atoms with Crippen molar-refractivity contribution in [2.45, 2.75) is 20.4 Å². The molecule has 0 unspecified atom stereocenters. The molecule has 0 saturated carbocycles. The van der Waals surface area contributed by atoms with Gasteiger partial charge in [-0.2, -0.15) is 0 Å². The van der Waals surface area contributed by atoms with Crippen LogP contribution < -0.4 is 10.2 Å². The van der Waals surface area contributed by atoms with E-state index >= 15 is 0 Å².